The van der Waals surface area contributed by atoms with Crippen LogP contribution in [0.2, 0.25) is 0 Å². The van der Waals surface area contributed by atoms with Gasteiger partial charge in [-0.05, 0) is 12.1 Å². The Balaban J connectivity index is 2.09. The molecule has 1 aromatic carbocycles. The summed E-state index contributed by atoms with van der Waals surface area (Å²) in [5, 5.41) is 21.4. The van der Waals surface area contributed by atoms with Gasteiger partial charge >= 0.3 is 5.97 Å². The first kappa shape index (κ1) is 14.4. The van der Waals surface area contributed by atoms with Gasteiger partial charge in [-0.1, -0.05) is 5.21 Å². The first-order chi connectivity index (χ1) is 10.1. The van der Waals surface area contributed by atoms with Crippen molar-refractivity contribution in [3.8, 4) is 0 Å². The molecule has 9 nitrogen and oxygen atoms in total. The molecule has 0 aliphatic heterocycles. The van der Waals surface area contributed by atoms with Crippen LogP contribution in [0.4, 0.5) is 11.4 Å². The number of ether oxygens (including phenoxy) is 1. The molecule has 0 aliphatic rings. The number of nitro groups is 1. The summed E-state index contributed by atoms with van der Waals surface area (Å²) in [4.78, 5) is 21.8. The monoisotopic (exact) mass is 291 g/mol. The van der Waals surface area contributed by atoms with Crippen LogP contribution in [0.25, 0.3) is 0 Å². The summed E-state index contributed by atoms with van der Waals surface area (Å²) in [6.45, 7) is 1.10. The Kier molecular flexibility index (Phi) is 4.44. The fourth-order valence-corrected chi connectivity index (χ4v) is 1.75. The van der Waals surface area contributed by atoms with Crippen LogP contribution in [0.1, 0.15) is 10.4 Å². The highest BCUT2D eigenvalue weighted by Crippen LogP contribution is 2.23. The lowest BCUT2D eigenvalue weighted by molar-refractivity contribution is -0.385. The van der Waals surface area contributed by atoms with Crippen molar-refractivity contribution in [3.63, 3.8) is 0 Å². The molecule has 0 unspecified atom stereocenters. The zero-order valence-corrected chi connectivity index (χ0v) is 11.2. The molecule has 21 heavy (non-hydrogen) atoms. The Morgan fingerprint density at radius 3 is 2.95 bits per heavy atom. The van der Waals surface area contributed by atoms with E-state index in [0.29, 0.717) is 18.8 Å². The average Bonchev–Trinajstić information content (AvgIpc) is 2.99. The number of methoxy groups -OCH3 is 1. The summed E-state index contributed by atoms with van der Waals surface area (Å²) in [6.07, 6.45) is 3.29. The van der Waals surface area contributed by atoms with Crippen molar-refractivity contribution in [3.05, 3.63) is 46.3 Å². The van der Waals surface area contributed by atoms with E-state index in [4.69, 9.17) is 0 Å². The number of carbonyl (C=O) groups is 1. The third kappa shape index (κ3) is 3.53. The molecular weight excluding hydrogens is 278 g/mol. The Hall–Kier alpha value is -2.97. The average molecular weight is 291 g/mol. The molecule has 1 aromatic heterocycles. The number of aromatic nitrogens is 3. The van der Waals surface area contributed by atoms with E-state index in [2.05, 4.69) is 20.4 Å². The fourth-order valence-electron chi connectivity index (χ4n) is 1.75. The molecule has 9 heteroatoms. The lowest BCUT2D eigenvalue weighted by Crippen LogP contribution is -2.12. The summed E-state index contributed by atoms with van der Waals surface area (Å²) >= 11 is 0. The van der Waals surface area contributed by atoms with Gasteiger partial charge in [-0.3, -0.25) is 14.8 Å². The van der Waals surface area contributed by atoms with Crippen LogP contribution in [0.15, 0.2) is 30.6 Å². The van der Waals surface area contributed by atoms with Crippen LogP contribution in [-0.2, 0) is 11.3 Å². The zero-order valence-electron chi connectivity index (χ0n) is 11.2. The number of hydrogen-bond donors (Lipinski definition) is 1. The van der Waals surface area contributed by atoms with E-state index in [1.807, 2.05) is 0 Å². The first-order valence-electron chi connectivity index (χ1n) is 6.06. The predicted octanol–water partition coefficient (Wildman–Crippen LogP) is 1.08. The second-order valence-electron chi connectivity index (χ2n) is 4.07. The molecule has 0 saturated carbocycles. The predicted molar refractivity (Wildman–Crippen MR) is 72.9 cm³/mol. The van der Waals surface area contributed by atoms with Crippen molar-refractivity contribution >= 4 is 17.3 Å². The van der Waals surface area contributed by atoms with Crippen LogP contribution in [0.3, 0.4) is 0 Å². The van der Waals surface area contributed by atoms with Crippen LogP contribution < -0.4 is 5.32 Å². The second kappa shape index (κ2) is 6.46. The third-order valence-electron chi connectivity index (χ3n) is 2.74. The molecule has 1 heterocycles. The molecule has 2 aromatic rings. The van der Waals surface area contributed by atoms with E-state index in [-0.39, 0.29) is 11.3 Å². The van der Waals surface area contributed by atoms with Crippen molar-refractivity contribution in [1.82, 2.24) is 15.0 Å². The molecule has 0 radical (unpaired) electrons. The summed E-state index contributed by atoms with van der Waals surface area (Å²) in [5.74, 6) is -0.748. The van der Waals surface area contributed by atoms with Gasteiger partial charge in [0, 0.05) is 24.5 Å². The molecular formula is C12H13N5O4. The minimum absolute atomic E-state index is 0.0896. The Morgan fingerprint density at radius 1 is 1.52 bits per heavy atom. The molecule has 0 aliphatic carbocycles. The highest BCUT2D eigenvalue weighted by molar-refractivity contribution is 5.95. The van der Waals surface area contributed by atoms with E-state index >= 15 is 0 Å². The Morgan fingerprint density at radius 2 is 2.33 bits per heavy atom. The number of nitrogens with one attached hydrogen (secondary N) is 1. The maximum absolute atomic E-state index is 11.6. The lowest BCUT2D eigenvalue weighted by Gasteiger charge is -2.08. The van der Waals surface area contributed by atoms with Crippen LogP contribution >= 0.6 is 0 Å². The summed E-state index contributed by atoms with van der Waals surface area (Å²) < 4.78 is 6.19. The summed E-state index contributed by atoms with van der Waals surface area (Å²) in [7, 11) is 1.18. The largest absolute Gasteiger partial charge is 0.465 e. The lowest BCUT2D eigenvalue weighted by atomic mass is 10.1. The summed E-state index contributed by atoms with van der Waals surface area (Å²) in [5.41, 5.74) is 0.207. The van der Waals surface area contributed by atoms with Crippen LogP contribution in [0, 0.1) is 10.1 Å². The molecule has 0 fully saturated rings. The van der Waals surface area contributed by atoms with Gasteiger partial charge in [0.25, 0.3) is 5.69 Å². The molecule has 1 N–H and O–H groups in total. The van der Waals surface area contributed by atoms with Crippen molar-refractivity contribution in [1.29, 1.82) is 0 Å². The molecule has 0 saturated heterocycles. The number of benzene rings is 1. The number of esters is 1. The topological polar surface area (TPSA) is 112 Å². The third-order valence-corrected chi connectivity index (χ3v) is 2.74. The van der Waals surface area contributed by atoms with Gasteiger partial charge in [0.05, 0.1) is 24.8 Å². The van der Waals surface area contributed by atoms with Gasteiger partial charge < -0.3 is 10.1 Å². The van der Waals surface area contributed by atoms with E-state index < -0.39 is 10.9 Å². The SMILES string of the molecule is COC(=O)c1cc(NCCn2ccnn2)ccc1[N+](=O)[O-]. The first-order valence-corrected chi connectivity index (χ1v) is 6.06. The highest BCUT2D eigenvalue weighted by Gasteiger charge is 2.21. The molecule has 2 rings (SSSR count). The standard InChI is InChI=1S/C12H13N5O4/c1-21-12(18)10-8-9(2-3-11(10)17(19)20)13-4-6-16-7-5-14-15-16/h2-3,5,7-8,13H,4,6H2,1H3. The van der Waals surface area contributed by atoms with Gasteiger partial charge in [0.2, 0.25) is 0 Å². The van der Waals surface area contributed by atoms with Crippen LogP contribution in [-0.4, -0.2) is 39.5 Å². The van der Waals surface area contributed by atoms with E-state index in [1.54, 1.807) is 17.1 Å². The summed E-state index contributed by atoms with van der Waals surface area (Å²) in [6, 6.07) is 4.20. The van der Waals surface area contributed by atoms with Gasteiger partial charge in [-0.2, -0.15) is 0 Å². The Bertz CT molecular complexity index is 641. The quantitative estimate of drug-likeness (QED) is 0.481. The maximum atomic E-state index is 11.6. The maximum Gasteiger partial charge on any atom is 0.344 e. The van der Waals surface area contributed by atoms with Crippen molar-refractivity contribution in [2.45, 2.75) is 6.54 Å². The van der Waals surface area contributed by atoms with E-state index in [0.717, 1.165) is 0 Å². The Labute approximate surface area is 119 Å². The van der Waals surface area contributed by atoms with Gasteiger partial charge in [-0.25, -0.2) is 4.79 Å². The number of rotatable bonds is 6. The molecule has 0 bridgehead atoms. The normalized spacial score (nSPS) is 10.1. The molecule has 110 valence electrons. The molecule has 0 atom stereocenters. The van der Waals surface area contributed by atoms with Gasteiger partial charge in [-0.15, -0.1) is 5.10 Å². The smallest absolute Gasteiger partial charge is 0.344 e. The number of nitrogens with zero attached hydrogens (tertiary/aromatic N) is 4. The minimum Gasteiger partial charge on any atom is -0.465 e. The van der Waals surface area contributed by atoms with E-state index in [1.165, 1.54) is 25.3 Å². The van der Waals surface area contributed by atoms with Crippen molar-refractivity contribution in [2.75, 3.05) is 19.0 Å². The van der Waals surface area contributed by atoms with Crippen LogP contribution in [0.5, 0.6) is 0 Å². The van der Waals surface area contributed by atoms with Gasteiger partial charge in [0.1, 0.15) is 5.56 Å². The molecule has 0 amide bonds. The minimum atomic E-state index is -0.748. The molecule has 0 spiro atoms. The second-order valence-corrected chi connectivity index (χ2v) is 4.07. The number of carbonyl (C=O) groups excluding carboxylic acids is 1. The zero-order chi connectivity index (χ0) is 15.2. The highest BCUT2D eigenvalue weighted by atomic mass is 16.6. The van der Waals surface area contributed by atoms with Crippen molar-refractivity contribution in [2.24, 2.45) is 0 Å². The fraction of sp³-hybridized carbons (Fsp3) is 0.250. The van der Waals surface area contributed by atoms with E-state index in [9.17, 15) is 14.9 Å². The number of nitro benzene ring substituents is 1. The van der Waals surface area contributed by atoms with Gasteiger partial charge in [0.15, 0.2) is 0 Å². The number of anilines is 1. The van der Waals surface area contributed by atoms with Crippen molar-refractivity contribution < 1.29 is 14.5 Å². The number of hydrogen-bond acceptors (Lipinski definition) is 7.